The lowest BCUT2D eigenvalue weighted by Crippen LogP contribution is -2.10. The molecule has 45 heavy (non-hydrogen) atoms. The van der Waals surface area contributed by atoms with Gasteiger partial charge in [-0.15, -0.1) is 0 Å². The Balaban J connectivity index is 0.000000220. The fourth-order valence-corrected chi connectivity index (χ4v) is 5.12. The van der Waals surface area contributed by atoms with Crippen LogP contribution in [0.3, 0.4) is 0 Å². The van der Waals surface area contributed by atoms with Crippen LogP contribution in [0, 0.1) is 10.8 Å². The van der Waals surface area contributed by atoms with Crippen LogP contribution in [-0.2, 0) is 13.0 Å². The van der Waals surface area contributed by atoms with Gasteiger partial charge in [0.2, 0.25) is 0 Å². The van der Waals surface area contributed by atoms with Crippen molar-refractivity contribution in [1.29, 1.82) is 10.8 Å². The third kappa shape index (κ3) is 8.50. The molecule has 0 aliphatic rings. The number of benzene rings is 6. The molecular formula is C41H40N4. The fourth-order valence-electron chi connectivity index (χ4n) is 5.12. The summed E-state index contributed by atoms with van der Waals surface area (Å²) in [4.78, 5) is 0. The van der Waals surface area contributed by atoms with E-state index in [0.29, 0.717) is 6.54 Å². The number of aryl methyl sites for hydroxylation is 1. The minimum atomic E-state index is 0.121. The molecule has 0 spiro atoms. The number of nitrogens with one attached hydrogen (secondary N) is 2. The lowest BCUT2D eigenvalue weighted by molar-refractivity contribution is 1.07. The van der Waals surface area contributed by atoms with Gasteiger partial charge in [-0.25, -0.2) is 0 Å². The highest BCUT2D eigenvalue weighted by Crippen LogP contribution is 2.36. The number of fused-ring (bicyclic) bond motifs is 3. The van der Waals surface area contributed by atoms with Crippen LogP contribution in [0.5, 0.6) is 0 Å². The summed E-state index contributed by atoms with van der Waals surface area (Å²) in [5.74, 6) is 0.121. The zero-order valence-electron chi connectivity index (χ0n) is 25.7. The maximum atomic E-state index is 7.45. The molecule has 0 aromatic heterocycles. The van der Waals surface area contributed by atoms with Crippen molar-refractivity contribution < 1.29 is 0 Å². The van der Waals surface area contributed by atoms with E-state index in [-0.39, 0.29) is 5.84 Å². The Morgan fingerprint density at radius 3 is 1.84 bits per heavy atom. The monoisotopic (exact) mass is 588 g/mol. The Morgan fingerprint density at radius 1 is 0.689 bits per heavy atom. The van der Waals surface area contributed by atoms with Gasteiger partial charge in [0.15, 0.2) is 0 Å². The van der Waals surface area contributed by atoms with E-state index < -0.39 is 0 Å². The van der Waals surface area contributed by atoms with Crippen LogP contribution in [-0.4, -0.2) is 12.1 Å². The molecule has 0 atom stereocenters. The Bertz CT molecular complexity index is 1920. The topological polar surface area (TPSA) is 99.7 Å². The highest BCUT2D eigenvalue weighted by Gasteiger charge is 2.11. The van der Waals surface area contributed by atoms with Gasteiger partial charge in [-0.3, -0.25) is 5.41 Å². The summed E-state index contributed by atoms with van der Waals surface area (Å²) in [6.45, 7) is 6.75. The number of nitrogens with two attached hydrogens (primary N) is 2. The second kappa shape index (κ2) is 16.3. The van der Waals surface area contributed by atoms with Gasteiger partial charge >= 0.3 is 0 Å². The van der Waals surface area contributed by atoms with Gasteiger partial charge in [-0.05, 0) is 79.6 Å². The molecule has 224 valence electrons. The van der Waals surface area contributed by atoms with E-state index in [1.807, 2.05) is 66.7 Å². The minimum absolute atomic E-state index is 0.121. The molecule has 0 amide bonds. The number of hydrogen-bond acceptors (Lipinski definition) is 3. The van der Waals surface area contributed by atoms with Crippen LogP contribution in [0.2, 0.25) is 0 Å². The first-order valence-corrected chi connectivity index (χ1v) is 15.0. The summed E-state index contributed by atoms with van der Waals surface area (Å²) >= 11 is 0. The molecule has 0 heterocycles. The van der Waals surface area contributed by atoms with E-state index in [9.17, 15) is 0 Å². The van der Waals surface area contributed by atoms with Crippen LogP contribution < -0.4 is 11.5 Å². The van der Waals surface area contributed by atoms with Gasteiger partial charge in [-0.2, -0.15) is 0 Å². The summed E-state index contributed by atoms with van der Waals surface area (Å²) in [5.41, 5.74) is 18.3. The molecular weight excluding hydrogens is 548 g/mol. The SMILES string of the molecule is C=C/C(=C\C=N)c1cc(CC)cc(-c2cc3ccccc3c3ccccc23)c1.N=C(N)c1ccccc1.NCc1ccccc1. The molecule has 6 aromatic rings. The molecule has 0 aliphatic heterocycles. The van der Waals surface area contributed by atoms with Crippen LogP contribution in [0.4, 0.5) is 0 Å². The van der Waals surface area contributed by atoms with Gasteiger partial charge in [0.25, 0.3) is 0 Å². The van der Waals surface area contributed by atoms with E-state index in [4.69, 9.17) is 22.3 Å². The first-order chi connectivity index (χ1) is 22.0. The molecule has 0 unspecified atom stereocenters. The Kier molecular flexibility index (Phi) is 11.7. The van der Waals surface area contributed by atoms with E-state index in [0.717, 1.165) is 23.1 Å². The maximum Gasteiger partial charge on any atom is 0.122 e. The Hall–Kier alpha value is -5.58. The molecule has 4 nitrogen and oxygen atoms in total. The Morgan fingerprint density at radius 2 is 1.29 bits per heavy atom. The average Bonchev–Trinajstić information content (AvgIpc) is 3.11. The quantitative estimate of drug-likeness (QED) is 0.0646. The van der Waals surface area contributed by atoms with Gasteiger partial charge in [0, 0.05) is 18.3 Å². The molecule has 6 N–H and O–H groups in total. The third-order valence-electron chi connectivity index (χ3n) is 7.46. The largest absolute Gasteiger partial charge is 0.384 e. The molecule has 0 radical (unpaired) electrons. The van der Waals surface area contributed by atoms with Crippen molar-refractivity contribution in [3.05, 3.63) is 174 Å². The van der Waals surface area contributed by atoms with Crippen LogP contribution in [0.1, 0.15) is 29.2 Å². The molecule has 0 saturated carbocycles. The third-order valence-corrected chi connectivity index (χ3v) is 7.46. The Labute approximate surface area is 266 Å². The normalized spacial score (nSPS) is 10.7. The number of nitrogen functional groups attached to an aromatic ring is 1. The lowest BCUT2D eigenvalue weighted by atomic mass is 9.90. The van der Waals surface area contributed by atoms with Crippen molar-refractivity contribution in [2.24, 2.45) is 11.5 Å². The molecule has 6 rings (SSSR count). The summed E-state index contributed by atoms with van der Waals surface area (Å²) < 4.78 is 0. The van der Waals surface area contributed by atoms with Crippen molar-refractivity contribution in [3.63, 3.8) is 0 Å². The van der Waals surface area contributed by atoms with Crippen molar-refractivity contribution in [3.8, 4) is 11.1 Å². The van der Waals surface area contributed by atoms with E-state index >= 15 is 0 Å². The highest BCUT2D eigenvalue weighted by atomic mass is 14.7. The molecule has 0 aliphatic carbocycles. The zero-order valence-corrected chi connectivity index (χ0v) is 25.7. The summed E-state index contributed by atoms with van der Waals surface area (Å²) in [6.07, 6.45) is 5.90. The summed E-state index contributed by atoms with van der Waals surface area (Å²) in [5, 5.41) is 19.5. The molecule has 0 fully saturated rings. The fraction of sp³-hybridized carbons (Fsp3) is 0.0732. The number of amidine groups is 1. The predicted octanol–water partition coefficient (Wildman–Crippen LogP) is 9.56. The molecule has 4 heteroatoms. The van der Waals surface area contributed by atoms with Gasteiger partial charge in [0.05, 0.1) is 0 Å². The first kappa shape index (κ1) is 32.3. The van der Waals surface area contributed by atoms with Gasteiger partial charge < -0.3 is 16.9 Å². The predicted molar refractivity (Wildman–Crippen MR) is 195 cm³/mol. The van der Waals surface area contributed by atoms with Crippen molar-refractivity contribution in [1.82, 2.24) is 0 Å². The highest BCUT2D eigenvalue weighted by molar-refractivity contribution is 6.13. The lowest BCUT2D eigenvalue weighted by Gasteiger charge is -2.14. The van der Waals surface area contributed by atoms with Gasteiger partial charge in [0.1, 0.15) is 5.84 Å². The summed E-state index contributed by atoms with van der Waals surface area (Å²) in [7, 11) is 0. The molecule has 0 bridgehead atoms. The second-order valence-corrected chi connectivity index (χ2v) is 10.4. The average molecular weight is 589 g/mol. The zero-order chi connectivity index (χ0) is 32.0. The first-order valence-electron chi connectivity index (χ1n) is 15.0. The van der Waals surface area contributed by atoms with Crippen molar-refractivity contribution >= 4 is 39.2 Å². The van der Waals surface area contributed by atoms with Crippen molar-refractivity contribution in [2.75, 3.05) is 0 Å². The van der Waals surface area contributed by atoms with Crippen LogP contribution in [0.25, 0.3) is 38.2 Å². The minimum Gasteiger partial charge on any atom is -0.384 e. The second-order valence-electron chi connectivity index (χ2n) is 10.4. The number of hydrogen-bond donors (Lipinski definition) is 4. The van der Waals surface area contributed by atoms with Crippen LogP contribution >= 0.6 is 0 Å². The van der Waals surface area contributed by atoms with E-state index in [1.165, 1.54) is 50.0 Å². The molecule has 6 aromatic carbocycles. The summed E-state index contributed by atoms with van der Waals surface area (Å²) in [6, 6.07) is 45.4. The van der Waals surface area contributed by atoms with E-state index in [2.05, 4.69) is 86.3 Å². The van der Waals surface area contributed by atoms with E-state index in [1.54, 1.807) is 6.08 Å². The van der Waals surface area contributed by atoms with Gasteiger partial charge in [-0.1, -0.05) is 141 Å². The number of rotatable bonds is 7. The van der Waals surface area contributed by atoms with Crippen molar-refractivity contribution in [2.45, 2.75) is 19.9 Å². The standard InChI is InChI=1S/C27H23N.C7H8N2.C7H9N/c1-3-19-15-22(20(4-2)13-14-28)17-23(16-19)27-18-21-9-5-6-10-24(21)25-11-7-8-12-26(25)27;8-7(9)6-4-2-1-3-5-6;8-6-7-4-2-1-3-5-7/h4-18,28H,2-3H2,1H3;1-5H,(H3,8,9);1-5H,6,8H2/b20-13+,28-14?;;. The molecule has 0 saturated heterocycles. The van der Waals surface area contributed by atoms with Crippen LogP contribution in [0.15, 0.2) is 152 Å². The maximum absolute atomic E-state index is 7.45. The number of allylic oxidation sites excluding steroid dienone is 3. The smallest absolute Gasteiger partial charge is 0.122 e.